The molecule has 0 unspecified atom stereocenters. The number of nitrogens with one attached hydrogen (secondary N) is 2. The number of para-hydroxylation sites is 1. The maximum absolute atomic E-state index is 12.2. The molecule has 3 aromatic heterocycles. The predicted octanol–water partition coefficient (Wildman–Crippen LogP) is 1.80. The molecule has 0 bridgehead atoms. The van der Waals surface area contributed by atoms with Crippen molar-refractivity contribution >= 4 is 28.2 Å². The van der Waals surface area contributed by atoms with Gasteiger partial charge in [0.05, 0.1) is 12.8 Å². The molecule has 0 saturated carbocycles. The molecule has 4 rings (SSSR count). The van der Waals surface area contributed by atoms with Crippen LogP contribution in [0.5, 0.6) is 5.75 Å². The quantitative estimate of drug-likeness (QED) is 0.568. The molecular formula is C16H12N6O3S. The number of carbonyl (C=O) groups is 1. The monoisotopic (exact) mass is 368 g/mol. The lowest BCUT2D eigenvalue weighted by Crippen LogP contribution is -2.18. The van der Waals surface area contributed by atoms with Crippen LogP contribution in [0.25, 0.3) is 16.2 Å². The normalized spacial score (nSPS) is 10.8. The van der Waals surface area contributed by atoms with Crippen LogP contribution < -0.4 is 15.6 Å². The number of rotatable bonds is 4. The molecule has 3 heterocycles. The van der Waals surface area contributed by atoms with Crippen LogP contribution in [-0.2, 0) is 0 Å². The molecule has 0 atom stereocenters. The number of hydrogen-bond acceptors (Lipinski definition) is 7. The SMILES string of the molecule is COc1ccccc1-c1csc2nc(NC(=O)c3ccc(=O)[nH]n3)nn12. The van der Waals surface area contributed by atoms with Gasteiger partial charge in [-0.15, -0.1) is 16.4 Å². The number of methoxy groups -OCH3 is 1. The Morgan fingerprint density at radius 2 is 2.12 bits per heavy atom. The average Bonchev–Trinajstić information content (AvgIpc) is 3.22. The van der Waals surface area contributed by atoms with E-state index in [9.17, 15) is 9.59 Å². The number of ether oxygens (including phenoxy) is 1. The highest BCUT2D eigenvalue weighted by atomic mass is 32.1. The third-order valence-corrected chi connectivity index (χ3v) is 4.42. The van der Waals surface area contributed by atoms with Crippen molar-refractivity contribution in [1.29, 1.82) is 0 Å². The zero-order valence-electron chi connectivity index (χ0n) is 13.5. The molecule has 1 amide bonds. The number of carbonyl (C=O) groups excluding carboxylic acids is 1. The molecule has 0 aliphatic rings. The number of thiazole rings is 1. The first-order valence-electron chi connectivity index (χ1n) is 7.50. The Labute approximate surface area is 150 Å². The van der Waals surface area contributed by atoms with Crippen LogP contribution >= 0.6 is 11.3 Å². The van der Waals surface area contributed by atoms with Gasteiger partial charge in [0, 0.05) is 17.0 Å². The average molecular weight is 368 g/mol. The molecule has 0 radical (unpaired) electrons. The van der Waals surface area contributed by atoms with E-state index < -0.39 is 5.91 Å². The Balaban J connectivity index is 1.67. The predicted molar refractivity (Wildman–Crippen MR) is 95.7 cm³/mol. The van der Waals surface area contributed by atoms with Crippen LogP contribution in [0.2, 0.25) is 0 Å². The summed E-state index contributed by atoms with van der Waals surface area (Å²) in [6.07, 6.45) is 0. The minimum atomic E-state index is -0.515. The molecule has 26 heavy (non-hydrogen) atoms. The number of amides is 1. The lowest BCUT2D eigenvalue weighted by Gasteiger charge is -2.06. The minimum absolute atomic E-state index is 0.0627. The third kappa shape index (κ3) is 2.82. The van der Waals surface area contributed by atoms with Gasteiger partial charge in [0.2, 0.25) is 4.96 Å². The van der Waals surface area contributed by atoms with Crippen LogP contribution in [0.3, 0.4) is 0 Å². The van der Waals surface area contributed by atoms with Gasteiger partial charge in [-0.2, -0.15) is 10.1 Å². The Kier molecular flexibility index (Phi) is 3.93. The smallest absolute Gasteiger partial charge is 0.278 e. The molecular weight excluding hydrogens is 356 g/mol. The molecule has 130 valence electrons. The zero-order chi connectivity index (χ0) is 18.1. The Morgan fingerprint density at radius 3 is 2.88 bits per heavy atom. The fourth-order valence-electron chi connectivity index (χ4n) is 2.41. The summed E-state index contributed by atoms with van der Waals surface area (Å²) in [7, 11) is 1.60. The standard InChI is InChI=1S/C16H12N6O3S/c1-25-12-5-3-2-4-9(12)11-8-26-16-18-15(21-22(11)16)17-14(24)10-6-7-13(23)20-19-10/h2-8H,1H3,(H,20,23)(H,17,21,24). The fourth-order valence-corrected chi connectivity index (χ4v) is 3.23. The van der Waals surface area contributed by atoms with Gasteiger partial charge < -0.3 is 4.74 Å². The van der Waals surface area contributed by atoms with Crippen molar-refractivity contribution in [2.75, 3.05) is 12.4 Å². The Morgan fingerprint density at radius 1 is 1.27 bits per heavy atom. The highest BCUT2D eigenvalue weighted by Gasteiger charge is 2.16. The number of hydrogen-bond donors (Lipinski definition) is 2. The molecule has 1 aromatic carbocycles. The second kappa shape index (κ2) is 6.41. The van der Waals surface area contributed by atoms with E-state index in [-0.39, 0.29) is 17.2 Å². The van der Waals surface area contributed by atoms with Crippen molar-refractivity contribution in [2.24, 2.45) is 0 Å². The van der Waals surface area contributed by atoms with Gasteiger partial charge in [-0.3, -0.25) is 14.9 Å². The van der Waals surface area contributed by atoms with Crippen molar-refractivity contribution in [3.63, 3.8) is 0 Å². The van der Waals surface area contributed by atoms with Gasteiger partial charge in [0.1, 0.15) is 11.4 Å². The Bertz CT molecular complexity index is 1140. The molecule has 0 saturated heterocycles. The summed E-state index contributed by atoms with van der Waals surface area (Å²) in [5.74, 6) is 0.343. The second-order valence-corrected chi connectivity index (χ2v) is 6.05. The number of aromatic amines is 1. The summed E-state index contributed by atoms with van der Waals surface area (Å²) in [6, 6.07) is 10.1. The fraction of sp³-hybridized carbons (Fsp3) is 0.0625. The van der Waals surface area contributed by atoms with E-state index in [1.54, 1.807) is 11.6 Å². The molecule has 0 aliphatic carbocycles. The molecule has 0 spiro atoms. The topological polar surface area (TPSA) is 114 Å². The van der Waals surface area contributed by atoms with Crippen LogP contribution in [0.1, 0.15) is 10.5 Å². The van der Waals surface area contributed by atoms with Gasteiger partial charge in [-0.25, -0.2) is 9.61 Å². The molecule has 2 N–H and O–H groups in total. The van der Waals surface area contributed by atoms with E-state index in [2.05, 4.69) is 25.6 Å². The summed E-state index contributed by atoms with van der Waals surface area (Å²) < 4.78 is 7.03. The summed E-state index contributed by atoms with van der Waals surface area (Å²) in [4.78, 5) is 28.1. The lowest BCUT2D eigenvalue weighted by molar-refractivity contribution is 0.102. The lowest BCUT2D eigenvalue weighted by atomic mass is 10.1. The van der Waals surface area contributed by atoms with E-state index >= 15 is 0 Å². The van der Waals surface area contributed by atoms with E-state index in [1.165, 1.54) is 23.5 Å². The highest BCUT2D eigenvalue weighted by Crippen LogP contribution is 2.32. The first-order chi connectivity index (χ1) is 12.7. The number of benzene rings is 1. The van der Waals surface area contributed by atoms with Gasteiger partial charge in [0.25, 0.3) is 17.4 Å². The van der Waals surface area contributed by atoms with Gasteiger partial charge in [0.15, 0.2) is 0 Å². The van der Waals surface area contributed by atoms with Crippen molar-refractivity contribution in [3.8, 4) is 17.0 Å². The summed E-state index contributed by atoms with van der Waals surface area (Å²) in [5.41, 5.74) is 1.35. The van der Waals surface area contributed by atoms with E-state index in [0.29, 0.717) is 10.7 Å². The first kappa shape index (κ1) is 16.0. The van der Waals surface area contributed by atoms with Crippen molar-refractivity contribution < 1.29 is 9.53 Å². The zero-order valence-corrected chi connectivity index (χ0v) is 14.3. The third-order valence-electron chi connectivity index (χ3n) is 3.60. The Hall–Kier alpha value is -3.53. The summed E-state index contributed by atoms with van der Waals surface area (Å²) in [5, 5.41) is 14.7. The number of aromatic nitrogens is 5. The van der Waals surface area contributed by atoms with Crippen LogP contribution in [-0.4, -0.2) is 37.8 Å². The maximum Gasteiger partial charge on any atom is 0.278 e. The first-order valence-corrected chi connectivity index (χ1v) is 8.38. The molecule has 10 heteroatoms. The highest BCUT2D eigenvalue weighted by molar-refractivity contribution is 7.15. The maximum atomic E-state index is 12.2. The van der Waals surface area contributed by atoms with E-state index in [1.807, 2.05) is 29.6 Å². The van der Waals surface area contributed by atoms with Gasteiger partial charge in [-0.1, -0.05) is 12.1 Å². The van der Waals surface area contributed by atoms with Gasteiger partial charge >= 0.3 is 0 Å². The largest absolute Gasteiger partial charge is 0.496 e. The van der Waals surface area contributed by atoms with Crippen LogP contribution in [0.4, 0.5) is 5.95 Å². The number of anilines is 1. The summed E-state index contributed by atoms with van der Waals surface area (Å²) in [6.45, 7) is 0. The number of nitrogens with zero attached hydrogens (tertiary/aromatic N) is 4. The van der Waals surface area contributed by atoms with Crippen LogP contribution in [0, 0.1) is 0 Å². The van der Waals surface area contributed by atoms with Crippen molar-refractivity contribution in [1.82, 2.24) is 24.8 Å². The molecule has 4 aromatic rings. The minimum Gasteiger partial charge on any atom is -0.496 e. The molecule has 0 aliphatic heterocycles. The second-order valence-electron chi connectivity index (χ2n) is 5.21. The molecule has 9 nitrogen and oxygen atoms in total. The number of fused-ring (bicyclic) bond motifs is 1. The van der Waals surface area contributed by atoms with E-state index in [4.69, 9.17) is 4.74 Å². The molecule has 0 fully saturated rings. The van der Waals surface area contributed by atoms with E-state index in [0.717, 1.165) is 11.3 Å². The van der Waals surface area contributed by atoms with Crippen LogP contribution in [0.15, 0.2) is 46.6 Å². The number of H-pyrrole nitrogens is 1. The summed E-state index contributed by atoms with van der Waals surface area (Å²) >= 11 is 1.39. The van der Waals surface area contributed by atoms with Gasteiger partial charge in [-0.05, 0) is 18.2 Å². The van der Waals surface area contributed by atoms with Crippen molar-refractivity contribution in [3.05, 3.63) is 57.8 Å². The van der Waals surface area contributed by atoms with Crippen molar-refractivity contribution in [2.45, 2.75) is 0 Å².